The van der Waals surface area contributed by atoms with Gasteiger partial charge in [-0.3, -0.25) is 9.59 Å². The summed E-state index contributed by atoms with van der Waals surface area (Å²) in [7, 11) is 3.07. The Hall–Kier alpha value is -4.18. The van der Waals surface area contributed by atoms with Crippen LogP contribution in [0.1, 0.15) is 23.0 Å². The molecule has 9 nitrogen and oxygen atoms in total. The van der Waals surface area contributed by atoms with E-state index < -0.39 is 11.5 Å². The minimum Gasteiger partial charge on any atom is -0.497 e. The van der Waals surface area contributed by atoms with Crippen LogP contribution in [-0.2, 0) is 16.0 Å². The molecule has 0 fully saturated rings. The van der Waals surface area contributed by atoms with Crippen molar-refractivity contribution in [3.05, 3.63) is 75.5 Å². The van der Waals surface area contributed by atoms with Crippen LogP contribution < -0.4 is 20.3 Å². The summed E-state index contributed by atoms with van der Waals surface area (Å²) in [6.45, 7) is 1.83. The third-order valence-electron chi connectivity index (χ3n) is 5.17. The topological polar surface area (TPSA) is 109 Å². The van der Waals surface area contributed by atoms with Crippen LogP contribution >= 0.6 is 11.3 Å². The number of benzene rings is 2. The van der Waals surface area contributed by atoms with E-state index >= 15 is 0 Å². The van der Waals surface area contributed by atoms with Crippen LogP contribution in [-0.4, -0.2) is 42.5 Å². The van der Waals surface area contributed by atoms with Crippen LogP contribution in [0.5, 0.6) is 11.5 Å². The Kier molecular flexibility index (Phi) is 7.11. The monoisotopic (exact) mass is 493 g/mol. The standard InChI is InChI=1S/C25H23N3O6S/c1-4-34-25(31)22-19-14-35-23(26-20(29)12-15-7-5-9-17(11-15)32-2)21(19)24(30)28(27-22)16-8-6-10-18(13-16)33-3/h5-11,13-14H,4,12H2,1-3H3,(H,26,29). The summed E-state index contributed by atoms with van der Waals surface area (Å²) in [6.07, 6.45) is 0.0798. The van der Waals surface area contributed by atoms with E-state index in [0.29, 0.717) is 27.6 Å². The number of esters is 1. The van der Waals surface area contributed by atoms with Crippen LogP contribution in [0.25, 0.3) is 16.5 Å². The number of ether oxygens (including phenoxy) is 3. The Morgan fingerprint density at radius 3 is 2.49 bits per heavy atom. The fourth-order valence-electron chi connectivity index (χ4n) is 3.55. The number of nitrogens with zero attached hydrogens (tertiary/aromatic N) is 2. The van der Waals surface area contributed by atoms with Gasteiger partial charge in [-0.25, -0.2) is 4.79 Å². The van der Waals surface area contributed by atoms with E-state index in [4.69, 9.17) is 14.2 Å². The molecule has 1 N–H and O–H groups in total. The van der Waals surface area contributed by atoms with Crippen LogP contribution in [0.2, 0.25) is 0 Å². The summed E-state index contributed by atoms with van der Waals surface area (Å²) in [5.41, 5.74) is 0.653. The first-order chi connectivity index (χ1) is 16.9. The van der Waals surface area contributed by atoms with Gasteiger partial charge in [-0.2, -0.15) is 9.78 Å². The number of hydrogen-bond donors (Lipinski definition) is 1. The molecule has 0 spiro atoms. The van der Waals surface area contributed by atoms with Crippen molar-refractivity contribution < 1.29 is 23.8 Å². The molecule has 10 heteroatoms. The number of thiophene rings is 1. The third kappa shape index (κ3) is 5.02. The molecular weight excluding hydrogens is 470 g/mol. The number of aromatic nitrogens is 2. The average molecular weight is 494 g/mol. The molecule has 2 heterocycles. The number of nitrogens with one attached hydrogen (secondary N) is 1. The maximum absolute atomic E-state index is 13.5. The molecule has 0 unspecified atom stereocenters. The lowest BCUT2D eigenvalue weighted by Gasteiger charge is -2.11. The van der Waals surface area contributed by atoms with E-state index in [9.17, 15) is 14.4 Å². The molecule has 0 radical (unpaired) electrons. The molecule has 0 aliphatic carbocycles. The Bertz CT molecular complexity index is 1460. The maximum Gasteiger partial charge on any atom is 0.359 e. The number of methoxy groups -OCH3 is 2. The Balaban J connectivity index is 1.78. The second-order valence-electron chi connectivity index (χ2n) is 7.42. The summed E-state index contributed by atoms with van der Waals surface area (Å²) >= 11 is 1.14. The molecule has 0 atom stereocenters. The van der Waals surface area contributed by atoms with E-state index in [1.165, 1.54) is 7.11 Å². The van der Waals surface area contributed by atoms with Gasteiger partial charge in [0.2, 0.25) is 5.91 Å². The summed E-state index contributed by atoms with van der Waals surface area (Å²) in [5, 5.41) is 9.54. The smallest absolute Gasteiger partial charge is 0.359 e. The van der Waals surface area contributed by atoms with Gasteiger partial charge in [-0.1, -0.05) is 18.2 Å². The summed E-state index contributed by atoms with van der Waals surface area (Å²) < 4.78 is 16.7. The van der Waals surface area contributed by atoms with Crippen LogP contribution in [0.15, 0.2) is 58.7 Å². The van der Waals surface area contributed by atoms with Gasteiger partial charge in [0, 0.05) is 16.8 Å². The van der Waals surface area contributed by atoms with E-state index in [2.05, 4.69) is 10.4 Å². The minimum absolute atomic E-state index is 0.0196. The Morgan fingerprint density at radius 1 is 1.06 bits per heavy atom. The molecule has 2 aromatic heterocycles. The molecule has 0 aliphatic heterocycles. The largest absolute Gasteiger partial charge is 0.497 e. The molecule has 0 saturated heterocycles. The molecule has 180 valence electrons. The first kappa shape index (κ1) is 24.0. The van der Waals surface area contributed by atoms with Crippen molar-refractivity contribution in [1.29, 1.82) is 0 Å². The normalized spacial score (nSPS) is 10.7. The third-order valence-corrected chi connectivity index (χ3v) is 6.07. The number of fused-ring (bicyclic) bond motifs is 1. The van der Waals surface area contributed by atoms with E-state index in [0.717, 1.165) is 21.6 Å². The second-order valence-corrected chi connectivity index (χ2v) is 8.30. The lowest BCUT2D eigenvalue weighted by Crippen LogP contribution is -2.25. The first-order valence-electron chi connectivity index (χ1n) is 10.7. The highest BCUT2D eigenvalue weighted by Gasteiger charge is 2.23. The zero-order valence-electron chi connectivity index (χ0n) is 19.4. The molecule has 4 rings (SSSR count). The highest BCUT2D eigenvalue weighted by Crippen LogP contribution is 2.31. The van der Waals surface area contributed by atoms with Gasteiger partial charge in [-0.05, 0) is 36.8 Å². The predicted molar refractivity (Wildman–Crippen MR) is 133 cm³/mol. The summed E-state index contributed by atoms with van der Waals surface area (Å²) in [5.74, 6) is 0.180. The zero-order valence-corrected chi connectivity index (χ0v) is 20.2. The maximum atomic E-state index is 13.5. The fourth-order valence-corrected chi connectivity index (χ4v) is 4.50. The molecule has 1 amide bonds. The van der Waals surface area contributed by atoms with Gasteiger partial charge in [0.15, 0.2) is 5.69 Å². The molecule has 0 bridgehead atoms. The molecule has 0 aliphatic rings. The zero-order chi connectivity index (χ0) is 24.9. The molecule has 4 aromatic rings. The number of amides is 1. The highest BCUT2D eigenvalue weighted by molar-refractivity contribution is 7.16. The van der Waals surface area contributed by atoms with Gasteiger partial charge in [0.1, 0.15) is 16.5 Å². The minimum atomic E-state index is -0.666. The Morgan fingerprint density at radius 2 is 1.77 bits per heavy atom. The van der Waals surface area contributed by atoms with Crippen molar-refractivity contribution in [3.8, 4) is 17.2 Å². The van der Waals surface area contributed by atoms with Crippen LogP contribution in [0.4, 0.5) is 5.00 Å². The van der Waals surface area contributed by atoms with Gasteiger partial charge < -0.3 is 19.5 Å². The second kappa shape index (κ2) is 10.4. The van der Waals surface area contributed by atoms with E-state index in [1.807, 2.05) is 6.07 Å². The molecule has 0 saturated carbocycles. The van der Waals surface area contributed by atoms with E-state index in [-0.39, 0.29) is 30.0 Å². The SMILES string of the molecule is CCOC(=O)c1nn(-c2cccc(OC)c2)c(=O)c2c(NC(=O)Cc3cccc(OC)c3)scc12. The lowest BCUT2D eigenvalue weighted by atomic mass is 10.1. The number of anilines is 1. The molecular formula is C25H23N3O6S. The number of rotatable bonds is 8. The van der Waals surface area contributed by atoms with Crippen molar-refractivity contribution >= 4 is 39.0 Å². The van der Waals surface area contributed by atoms with Crippen LogP contribution in [0.3, 0.4) is 0 Å². The van der Waals surface area contributed by atoms with Crippen molar-refractivity contribution in [1.82, 2.24) is 9.78 Å². The predicted octanol–water partition coefficient (Wildman–Crippen LogP) is 3.82. The average Bonchev–Trinajstić information content (AvgIpc) is 3.28. The van der Waals surface area contributed by atoms with Crippen molar-refractivity contribution in [2.45, 2.75) is 13.3 Å². The number of carbonyl (C=O) groups is 2. The quantitative estimate of drug-likeness (QED) is 0.372. The molecule has 35 heavy (non-hydrogen) atoms. The van der Waals surface area contributed by atoms with Gasteiger partial charge in [0.05, 0.1) is 38.3 Å². The highest BCUT2D eigenvalue weighted by atomic mass is 32.1. The van der Waals surface area contributed by atoms with Gasteiger partial charge in [0.25, 0.3) is 5.56 Å². The van der Waals surface area contributed by atoms with E-state index in [1.54, 1.807) is 61.9 Å². The fraction of sp³-hybridized carbons (Fsp3) is 0.200. The first-order valence-corrected chi connectivity index (χ1v) is 11.6. The summed E-state index contributed by atoms with van der Waals surface area (Å²) in [4.78, 5) is 39.0. The van der Waals surface area contributed by atoms with Crippen molar-refractivity contribution in [2.24, 2.45) is 0 Å². The van der Waals surface area contributed by atoms with Crippen molar-refractivity contribution in [2.75, 3.05) is 26.1 Å². The van der Waals surface area contributed by atoms with Crippen LogP contribution in [0, 0.1) is 0 Å². The number of carbonyl (C=O) groups excluding carboxylic acids is 2. The molecule has 2 aromatic carbocycles. The summed E-state index contributed by atoms with van der Waals surface area (Å²) in [6, 6.07) is 13.9. The van der Waals surface area contributed by atoms with Crippen molar-refractivity contribution in [3.63, 3.8) is 0 Å². The number of hydrogen-bond acceptors (Lipinski definition) is 8. The lowest BCUT2D eigenvalue weighted by molar-refractivity contribution is -0.115. The van der Waals surface area contributed by atoms with Gasteiger partial charge >= 0.3 is 5.97 Å². The Labute approximate surface area is 204 Å². The van der Waals surface area contributed by atoms with Gasteiger partial charge in [-0.15, -0.1) is 11.3 Å².